The zero-order valence-corrected chi connectivity index (χ0v) is 8.47. The summed E-state index contributed by atoms with van der Waals surface area (Å²) >= 11 is 1.34. The zero-order chi connectivity index (χ0) is 10.1. The number of hydrogen-bond acceptors (Lipinski definition) is 3. The maximum absolute atomic E-state index is 12.2. The van der Waals surface area contributed by atoms with E-state index in [1.54, 1.807) is 13.0 Å². The standard InChI is InChI=1S/C9H9FN2OS/c1-6-11-7-2-5-14-8(7)9(13)12(6)4-3-10/h2,5H,3-4H2,1H3. The van der Waals surface area contributed by atoms with E-state index < -0.39 is 6.67 Å². The van der Waals surface area contributed by atoms with Gasteiger partial charge in [-0.15, -0.1) is 11.3 Å². The van der Waals surface area contributed by atoms with Crippen molar-refractivity contribution in [2.45, 2.75) is 13.5 Å². The Hall–Kier alpha value is -1.23. The van der Waals surface area contributed by atoms with Crippen LogP contribution in [0, 0.1) is 6.92 Å². The molecule has 0 aliphatic carbocycles. The monoisotopic (exact) mass is 212 g/mol. The average molecular weight is 212 g/mol. The molecule has 0 saturated carbocycles. The minimum Gasteiger partial charge on any atom is -0.293 e. The van der Waals surface area contributed by atoms with Crippen LogP contribution in [-0.4, -0.2) is 16.2 Å². The second-order valence-electron chi connectivity index (χ2n) is 2.94. The predicted molar refractivity (Wildman–Crippen MR) is 54.6 cm³/mol. The number of rotatable bonds is 2. The number of fused-ring (bicyclic) bond motifs is 1. The largest absolute Gasteiger partial charge is 0.293 e. The van der Waals surface area contributed by atoms with Crippen LogP contribution >= 0.6 is 11.3 Å². The lowest BCUT2D eigenvalue weighted by molar-refractivity contribution is 0.435. The van der Waals surface area contributed by atoms with Gasteiger partial charge in [0.25, 0.3) is 5.56 Å². The van der Waals surface area contributed by atoms with Gasteiger partial charge >= 0.3 is 0 Å². The van der Waals surface area contributed by atoms with Crippen molar-refractivity contribution in [2.24, 2.45) is 0 Å². The van der Waals surface area contributed by atoms with E-state index in [9.17, 15) is 9.18 Å². The second kappa shape index (κ2) is 3.49. The predicted octanol–water partition coefficient (Wildman–Crippen LogP) is 1.74. The minimum absolute atomic E-state index is 0.0888. The molecule has 5 heteroatoms. The summed E-state index contributed by atoms with van der Waals surface area (Å²) in [5.41, 5.74) is 0.563. The normalized spacial score (nSPS) is 11.0. The molecule has 74 valence electrons. The van der Waals surface area contributed by atoms with Crippen molar-refractivity contribution in [3.05, 3.63) is 27.6 Å². The molecule has 14 heavy (non-hydrogen) atoms. The highest BCUT2D eigenvalue weighted by Crippen LogP contribution is 2.14. The van der Waals surface area contributed by atoms with Crippen LogP contribution in [0.5, 0.6) is 0 Å². The van der Waals surface area contributed by atoms with Crippen molar-refractivity contribution >= 4 is 21.6 Å². The lowest BCUT2D eigenvalue weighted by Gasteiger charge is -2.05. The number of hydrogen-bond donors (Lipinski definition) is 0. The first-order chi connectivity index (χ1) is 6.74. The van der Waals surface area contributed by atoms with Gasteiger partial charge < -0.3 is 0 Å². The topological polar surface area (TPSA) is 34.9 Å². The van der Waals surface area contributed by atoms with Crippen molar-refractivity contribution < 1.29 is 4.39 Å². The molecule has 0 bridgehead atoms. The van der Waals surface area contributed by atoms with E-state index in [-0.39, 0.29) is 12.1 Å². The molecule has 0 saturated heterocycles. The maximum Gasteiger partial charge on any atom is 0.271 e. The van der Waals surface area contributed by atoms with Gasteiger partial charge in [-0.1, -0.05) is 0 Å². The second-order valence-corrected chi connectivity index (χ2v) is 3.86. The molecule has 0 aromatic carbocycles. The van der Waals surface area contributed by atoms with Gasteiger partial charge in [-0.25, -0.2) is 9.37 Å². The highest BCUT2D eigenvalue weighted by Gasteiger charge is 2.08. The zero-order valence-electron chi connectivity index (χ0n) is 7.66. The average Bonchev–Trinajstić information content (AvgIpc) is 2.60. The van der Waals surface area contributed by atoms with E-state index in [4.69, 9.17) is 0 Å². The minimum atomic E-state index is -0.542. The third-order valence-electron chi connectivity index (χ3n) is 2.06. The van der Waals surface area contributed by atoms with Gasteiger partial charge in [0, 0.05) is 0 Å². The van der Waals surface area contributed by atoms with E-state index >= 15 is 0 Å². The first-order valence-corrected chi connectivity index (χ1v) is 5.12. The van der Waals surface area contributed by atoms with Gasteiger partial charge in [-0.2, -0.15) is 0 Å². The van der Waals surface area contributed by atoms with Gasteiger partial charge in [-0.05, 0) is 18.4 Å². The molecule has 0 fully saturated rings. The van der Waals surface area contributed by atoms with E-state index in [1.807, 2.05) is 5.38 Å². The number of alkyl halides is 1. The molecule has 0 aliphatic rings. The Morgan fingerprint density at radius 1 is 1.64 bits per heavy atom. The summed E-state index contributed by atoms with van der Waals surface area (Å²) in [5, 5.41) is 1.82. The van der Waals surface area contributed by atoms with Gasteiger partial charge in [0.15, 0.2) is 0 Å². The fourth-order valence-corrected chi connectivity index (χ4v) is 2.18. The van der Waals surface area contributed by atoms with Crippen LogP contribution in [0.4, 0.5) is 4.39 Å². The summed E-state index contributed by atoms with van der Waals surface area (Å²) in [7, 11) is 0. The molecule has 0 N–H and O–H groups in total. The lowest BCUT2D eigenvalue weighted by atomic mass is 10.4. The van der Waals surface area contributed by atoms with Crippen LogP contribution in [0.15, 0.2) is 16.2 Å². The fraction of sp³-hybridized carbons (Fsp3) is 0.333. The molecular weight excluding hydrogens is 203 g/mol. The van der Waals surface area contributed by atoms with Crippen molar-refractivity contribution in [1.29, 1.82) is 0 Å². The third kappa shape index (κ3) is 1.33. The first-order valence-electron chi connectivity index (χ1n) is 4.24. The SMILES string of the molecule is Cc1nc2ccsc2c(=O)n1CCF. The number of aromatic nitrogens is 2. The van der Waals surface area contributed by atoms with Crippen LogP contribution in [0.3, 0.4) is 0 Å². The van der Waals surface area contributed by atoms with Gasteiger partial charge in [0.1, 0.15) is 17.2 Å². The van der Waals surface area contributed by atoms with Gasteiger partial charge in [0.2, 0.25) is 0 Å². The molecular formula is C9H9FN2OS. The summed E-state index contributed by atoms with van der Waals surface area (Å²) in [4.78, 5) is 16.0. The summed E-state index contributed by atoms with van der Waals surface area (Å²) in [5.74, 6) is 0.568. The fourth-order valence-electron chi connectivity index (χ4n) is 1.40. The summed E-state index contributed by atoms with van der Waals surface area (Å²) < 4.78 is 14.2. The summed E-state index contributed by atoms with van der Waals surface area (Å²) in [6.45, 7) is 1.26. The van der Waals surface area contributed by atoms with Crippen LogP contribution < -0.4 is 5.56 Å². The van der Waals surface area contributed by atoms with E-state index in [0.717, 1.165) is 0 Å². The van der Waals surface area contributed by atoms with Crippen LogP contribution in [0.1, 0.15) is 5.82 Å². The van der Waals surface area contributed by atoms with Crippen molar-refractivity contribution in [1.82, 2.24) is 9.55 Å². The molecule has 0 radical (unpaired) electrons. The third-order valence-corrected chi connectivity index (χ3v) is 2.96. The van der Waals surface area contributed by atoms with Gasteiger partial charge in [-0.3, -0.25) is 9.36 Å². The van der Waals surface area contributed by atoms with Crippen molar-refractivity contribution in [3.63, 3.8) is 0 Å². The maximum atomic E-state index is 12.2. The number of thiophene rings is 1. The Kier molecular flexibility index (Phi) is 2.33. The molecule has 0 atom stereocenters. The van der Waals surface area contributed by atoms with Crippen molar-refractivity contribution in [3.8, 4) is 0 Å². The Bertz CT molecular complexity index is 517. The van der Waals surface area contributed by atoms with Crippen LogP contribution in [0.25, 0.3) is 10.2 Å². The Balaban J connectivity index is 2.76. The Labute approximate surface area is 83.8 Å². The molecule has 2 rings (SSSR count). The quantitative estimate of drug-likeness (QED) is 0.760. The van der Waals surface area contributed by atoms with Gasteiger partial charge in [0.05, 0.1) is 12.1 Å². The highest BCUT2D eigenvalue weighted by atomic mass is 32.1. The Morgan fingerprint density at radius 2 is 2.43 bits per heavy atom. The molecule has 0 spiro atoms. The summed E-state index contributed by atoms with van der Waals surface area (Å²) in [6.07, 6.45) is 0. The van der Waals surface area contributed by atoms with E-state index in [0.29, 0.717) is 16.0 Å². The van der Waals surface area contributed by atoms with Crippen molar-refractivity contribution in [2.75, 3.05) is 6.67 Å². The van der Waals surface area contributed by atoms with Crippen LogP contribution in [-0.2, 0) is 6.54 Å². The van der Waals surface area contributed by atoms with E-state index in [1.165, 1.54) is 15.9 Å². The molecule has 0 unspecified atom stereocenters. The highest BCUT2D eigenvalue weighted by molar-refractivity contribution is 7.17. The molecule has 3 nitrogen and oxygen atoms in total. The molecule has 2 aromatic heterocycles. The van der Waals surface area contributed by atoms with E-state index in [2.05, 4.69) is 4.98 Å². The molecule has 2 aromatic rings. The lowest BCUT2D eigenvalue weighted by Crippen LogP contribution is -2.23. The number of aryl methyl sites for hydroxylation is 1. The first kappa shape index (κ1) is 9.33. The molecule has 2 heterocycles. The van der Waals surface area contributed by atoms with Crippen LogP contribution in [0.2, 0.25) is 0 Å². The molecule has 0 aliphatic heterocycles. The number of halogens is 1. The summed E-state index contributed by atoms with van der Waals surface area (Å²) in [6, 6.07) is 1.80. The smallest absolute Gasteiger partial charge is 0.271 e. The number of nitrogens with zero attached hydrogens (tertiary/aromatic N) is 2. The Morgan fingerprint density at radius 3 is 3.14 bits per heavy atom. The molecule has 0 amide bonds.